The molecule has 36 heavy (non-hydrogen) atoms. The van der Waals surface area contributed by atoms with Crippen LogP contribution in [0.1, 0.15) is 195 Å². The van der Waals surface area contributed by atoms with Crippen LogP contribution in [-0.4, -0.2) is 6.54 Å². The van der Waals surface area contributed by atoms with E-state index in [1.807, 2.05) is 0 Å². The van der Waals surface area contributed by atoms with E-state index in [9.17, 15) is 0 Å². The first-order chi connectivity index (χ1) is 17.4. The molecule has 0 saturated heterocycles. The van der Waals surface area contributed by atoms with Crippen molar-refractivity contribution in [2.75, 3.05) is 6.54 Å². The lowest BCUT2D eigenvalue weighted by Crippen LogP contribution is -2.18. The third-order valence-electron chi connectivity index (χ3n) is 8.48. The number of nitrogens with one attached hydrogen (secondary N) is 1. The molecule has 0 aromatic rings. The molecular weight excluding hydrogens is 434 g/mol. The third-order valence-corrected chi connectivity index (χ3v) is 8.48. The molecular formula is C35H71N. The standard InChI is InChI=1S/C35H71N/c1-7-10-11-12-13-14-15-16-17-18-19-20-21-22-23-24-25-27-34(9-3)29-28-33(4)36-32-26-31-35(5,6)30-8-2/h34,36H,4,7-32H2,1-3,5-6H3. The summed E-state index contributed by atoms with van der Waals surface area (Å²) in [4.78, 5) is 0. The van der Waals surface area contributed by atoms with E-state index in [0.717, 1.165) is 18.9 Å². The first-order valence-corrected chi connectivity index (χ1v) is 16.9. The molecule has 0 fully saturated rings. The van der Waals surface area contributed by atoms with E-state index in [1.165, 1.54) is 160 Å². The first kappa shape index (κ1) is 35.5. The minimum atomic E-state index is 0.498. The summed E-state index contributed by atoms with van der Waals surface area (Å²) < 4.78 is 0. The van der Waals surface area contributed by atoms with Crippen molar-refractivity contribution in [3.63, 3.8) is 0 Å². The highest BCUT2D eigenvalue weighted by Gasteiger charge is 2.15. The van der Waals surface area contributed by atoms with Gasteiger partial charge in [0, 0.05) is 12.2 Å². The molecule has 0 heterocycles. The normalized spacial score (nSPS) is 12.7. The summed E-state index contributed by atoms with van der Waals surface area (Å²) in [5.74, 6) is 0.892. The third kappa shape index (κ3) is 25.2. The van der Waals surface area contributed by atoms with Gasteiger partial charge in [-0.3, -0.25) is 0 Å². The van der Waals surface area contributed by atoms with Crippen LogP contribution in [0.25, 0.3) is 0 Å². The zero-order valence-electron chi connectivity index (χ0n) is 26.2. The van der Waals surface area contributed by atoms with Crippen LogP contribution in [0, 0.1) is 11.3 Å². The first-order valence-electron chi connectivity index (χ1n) is 16.9. The summed E-state index contributed by atoms with van der Waals surface area (Å²) in [7, 11) is 0. The van der Waals surface area contributed by atoms with Crippen molar-refractivity contribution in [1.29, 1.82) is 0 Å². The van der Waals surface area contributed by atoms with Gasteiger partial charge in [0.15, 0.2) is 0 Å². The van der Waals surface area contributed by atoms with E-state index in [0.29, 0.717) is 5.41 Å². The van der Waals surface area contributed by atoms with E-state index in [1.54, 1.807) is 0 Å². The quantitative estimate of drug-likeness (QED) is 0.0996. The van der Waals surface area contributed by atoms with Crippen LogP contribution < -0.4 is 5.32 Å². The Morgan fingerprint density at radius 1 is 0.583 bits per heavy atom. The molecule has 0 aliphatic heterocycles. The van der Waals surface area contributed by atoms with Crippen LogP contribution in [0.15, 0.2) is 12.3 Å². The van der Waals surface area contributed by atoms with Crippen LogP contribution >= 0.6 is 0 Å². The molecule has 0 saturated carbocycles. The maximum atomic E-state index is 4.30. The van der Waals surface area contributed by atoms with Gasteiger partial charge in [0.2, 0.25) is 0 Å². The Morgan fingerprint density at radius 3 is 1.50 bits per heavy atom. The topological polar surface area (TPSA) is 12.0 Å². The van der Waals surface area contributed by atoms with Gasteiger partial charge in [-0.05, 0) is 43.4 Å². The van der Waals surface area contributed by atoms with Gasteiger partial charge in [0.05, 0.1) is 0 Å². The van der Waals surface area contributed by atoms with E-state index in [-0.39, 0.29) is 0 Å². The Kier molecular flexibility index (Phi) is 25.8. The van der Waals surface area contributed by atoms with Crippen molar-refractivity contribution < 1.29 is 0 Å². The van der Waals surface area contributed by atoms with Crippen LogP contribution in [0.2, 0.25) is 0 Å². The summed E-state index contributed by atoms with van der Waals surface area (Å²) in [5, 5.41) is 3.61. The van der Waals surface area contributed by atoms with Gasteiger partial charge >= 0.3 is 0 Å². The van der Waals surface area contributed by atoms with E-state index in [4.69, 9.17) is 0 Å². The van der Waals surface area contributed by atoms with Gasteiger partial charge in [0.1, 0.15) is 0 Å². The second kappa shape index (κ2) is 26.2. The van der Waals surface area contributed by atoms with Gasteiger partial charge in [-0.1, -0.05) is 170 Å². The molecule has 0 bridgehead atoms. The summed E-state index contributed by atoms with van der Waals surface area (Å²) in [6, 6.07) is 0. The molecule has 1 nitrogen and oxygen atoms in total. The number of unbranched alkanes of at least 4 members (excludes halogenated alkanes) is 16. The van der Waals surface area contributed by atoms with Crippen LogP contribution in [-0.2, 0) is 0 Å². The fraction of sp³-hybridized carbons (Fsp3) is 0.943. The van der Waals surface area contributed by atoms with E-state index < -0.39 is 0 Å². The number of rotatable bonds is 29. The Hall–Kier alpha value is -0.460. The molecule has 0 spiro atoms. The molecule has 1 N–H and O–H groups in total. The fourth-order valence-corrected chi connectivity index (χ4v) is 5.81. The fourth-order valence-electron chi connectivity index (χ4n) is 5.81. The Morgan fingerprint density at radius 2 is 1.06 bits per heavy atom. The lowest BCUT2D eigenvalue weighted by atomic mass is 9.83. The minimum Gasteiger partial charge on any atom is -0.389 e. The maximum absolute atomic E-state index is 4.30. The van der Waals surface area contributed by atoms with Crippen molar-refractivity contribution >= 4 is 0 Å². The number of hydrogen-bond donors (Lipinski definition) is 1. The predicted molar refractivity (Wildman–Crippen MR) is 167 cm³/mol. The second-order valence-corrected chi connectivity index (χ2v) is 12.8. The maximum Gasteiger partial charge on any atom is 0.0143 e. The van der Waals surface area contributed by atoms with E-state index >= 15 is 0 Å². The minimum absolute atomic E-state index is 0.498. The van der Waals surface area contributed by atoms with Gasteiger partial charge in [-0.2, -0.15) is 0 Å². The number of hydrogen-bond acceptors (Lipinski definition) is 1. The smallest absolute Gasteiger partial charge is 0.0143 e. The molecule has 0 radical (unpaired) electrons. The van der Waals surface area contributed by atoms with Crippen LogP contribution in [0.5, 0.6) is 0 Å². The molecule has 0 aliphatic carbocycles. The van der Waals surface area contributed by atoms with Gasteiger partial charge in [0.25, 0.3) is 0 Å². The summed E-state index contributed by atoms with van der Waals surface area (Å²) >= 11 is 0. The number of allylic oxidation sites excluding steroid dienone is 1. The monoisotopic (exact) mass is 506 g/mol. The SMILES string of the molecule is C=C(CCC(CC)CCCCCCCCCCCCCCCCCCC)NCCCC(C)(C)CCC. The molecule has 1 heteroatoms. The predicted octanol–water partition coefficient (Wildman–Crippen LogP) is 12.5. The molecule has 1 unspecified atom stereocenters. The van der Waals surface area contributed by atoms with Crippen molar-refractivity contribution in [2.24, 2.45) is 11.3 Å². The molecule has 1 atom stereocenters. The average Bonchev–Trinajstić information content (AvgIpc) is 2.85. The van der Waals surface area contributed by atoms with Crippen molar-refractivity contribution in [3.8, 4) is 0 Å². The summed E-state index contributed by atoms with van der Waals surface area (Å²) in [5.41, 5.74) is 1.77. The summed E-state index contributed by atoms with van der Waals surface area (Å²) in [6.45, 7) is 17.2. The Bertz CT molecular complexity index is 452. The Balaban J connectivity index is 3.47. The highest BCUT2D eigenvalue weighted by Crippen LogP contribution is 2.28. The van der Waals surface area contributed by atoms with Gasteiger partial charge in [-0.25, -0.2) is 0 Å². The van der Waals surface area contributed by atoms with E-state index in [2.05, 4.69) is 46.5 Å². The van der Waals surface area contributed by atoms with Gasteiger partial charge in [-0.15, -0.1) is 0 Å². The average molecular weight is 506 g/mol. The largest absolute Gasteiger partial charge is 0.389 e. The molecule has 0 aliphatic rings. The van der Waals surface area contributed by atoms with Crippen LogP contribution in [0.3, 0.4) is 0 Å². The highest BCUT2D eigenvalue weighted by atomic mass is 14.9. The van der Waals surface area contributed by atoms with Crippen LogP contribution in [0.4, 0.5) is 0 Å². The van der Waals surface area contributed by atoms with Crippen molar-refractivity contribution in [2.45, 2.75) is 195 Å². The zero-order chi connectivity index (χ0) is 26.7. The Labute approximate surface area is 230 Å². The second-order valence-electron chi connectivity index (χ2n) is 12.8. The van der Waals surface area contributed by atoms with Gasteiger partial charge < -0.3 is 5.32 Å². The molecule has 0 aromatic carbocycles. The molecule has 0 rings (SSSR count). The molecule has 216 valence electrons. The molecule has 0 amide bonds. The zero-order valence-corrected chi connectivity index (χ0v) is 26.2. The van der Waals surface area contributed by atoms with Crippen molar-refractivity contribution in [3.05, 3.63) is 12.3 Å². The summed E-state index contributed by atoms with van der Waals surface area (Å²) in [6.07, 6.45) is 35.3. The highest BCUT2D eigenvalue weighted by molar-refractivity contribution is 4.91. The lowest BCUT2D eigenvalue weighted by Gasteiger charge is -2.24. The molecule has 0 aromatic heterocycles. The van der Waals surface area contributed by atoms with Crippen molar-refractivity contribution in [1.82, 2.24) is 5.32 Å². The lowest BCUT2D eigenvalue weighted by molar-refractivity contribution is 0.295.